The number of aryl methyl sites for hydroxylation is 1. The molecule has 1 aromatic heterocycles. The van der Waals surface area contributed by atoms with Gasteiger partial charge in [0.2, 0.25) is 0 Å². The van der Waals surface area contributed by atoms with E-state index < -0.39 is 0 Å². The Bertz CT molecular complexity index is 1340. The van der Waals surface area contributed by atoms with Crippen molar-refractivity contribution in [3.63, 3.8) is 0 Å². The normalized spacial score (nSPS) is 12.7. The lowest BCUT2D eigenvalue weighted by Gasteiger charge is -2.15. The number of imide groups is 1. The molecule has 0 saturated carbocycles. The van der Waals surface area contributed by atoms with Crippen LogP contribution < -0.4 is 10.2 Å². The fourth-order valence-corrected chi connectivity index (χ4v) is 3.74. The maximum atomic E-state index is 12.7. The van der Waals surface area contributed by atoms with Crippen molar-refractivity contribution in [3.05, 3.63) is 107 Å². The first-order valence-corrected chi connectivity index (χ1v) is 10.0. The third-order valence-electron chi connectivity index (χ3n) is 5.36. The predicted molar refractivity (Wildman–Crippen MR) is 120 cm³/mol. The molecule has 7 heteroatoms. The van der Waals surface area contributed by atoms with Crippen molar-refractivity contribution >= 4 is 29.1 Å². The standard InChI is InChI=1S/C25H18N4O3/c1-16-13-14-26-29(16)19-11-9-17(10-12-19)23(30)27-18-5-4-6-20(15-18)28-24(31)21-7-2-3-8-22(21)25(28)32/h2-15H,1H3,(H,27,30). The molecule has 0 spiro atoms. The number of amides is 3. The number of anilines is 2. The summed E-state index contributed by atoms with van der Waals surface area (Å²) in [6.07, 6.45) is 1.72. The van der Waals surface area contributed by atoms with Gasteiger partial charge >= 0.3 is 0 Å². The molecule has 0 radical (unpaired) electrons. The van der Waals surface area contributed by atoms with Crippen molar-refractivity contribution in [2.45, 2.75) is 6.92 Å². The molecular formula is C25H18N4O3. The maximum absolute atomic E-state index is 12.7. The minimum Gasteiger partial charge on any atom is -0.322 e. The van der Waals surface area contributed by atoms with E-state index in [9.17, 15) is 14.4 Å². The third kappa shape index (κ3) is 3.26. The van der Waals surface area contributed by atoms with Crippen LogP contribution in [0.3, 0.4) is 0 Å². The molecular weight excluding hydrogens is 404 g/mol. The van der Waals surface area contributed by atoms with E-state index in [-0.39, 0.29) is 17.7 Å². The van der Waals surface area contributed by atoms with Crippen molar-refractivity contribution in [1.82, 2.24) is 9.78 Å². The van der Waals surface area contributed by atoms with E-state index in [0.717, 1.165) is 16.3 Å². The Labute approximate surface area is 183 Å². The van der Waals surface area contributed by atoms with Crippen molar-refractivity contribution in [2.24, 2.45) is 0 Å². The number of rotatable bonds is 4. The van der Waals surface area contributed by atoms with E-state index in [2.05, 4.69) is 10.4 Å². The maximum Gasteiger partial charge on any atom is 0.266 e. The largest absolute Gasteiger partial charge is 0.322 e. The lowest BCUT2D eigenvalue weighted by atomic mass is 10.1. The van der Waals surface area contributed by atoms with Gasteiger partial charge in [-0.25, -0.2) is 9.58 Å². The summed E-state index contributed by atoms with van der Waals surface area (Å²) in [4.78, 5) is 39.3. The molecule has 0 saturated heterocycles. The predicted octanol–water partition coefficient (Wildman–Crippen LogP) is 4.23. The van der Waals surface area contributed by atoms with Crippen LogP contribution in [0.25, 0.3) is 5.69 Å². The second-order valence-electron chi connectivity index (χ2n) is 7.43. The first-order valence-electron chi connectivity index (χ1n) is 10.0. The number of nitrogens with one attached hydrogen (secondary N) is 1. The molecule has 0 unspecified atom stereocenters. The summed E-state index contributed by atoms with van der Waals surface area (Å²) >= 11 is 0. The van der Waals surface area contributed by atoms with E-state index in [0.29, 0.717) is 28.1 Å². The van der Waals surface area contributed by atoms with Gasteiger partial charge in [-0.2, -0.15) is 5.10 Å². The number of carbonyl (C=O) groups is 3. The number of fused-ring (bicyclic) bond motifs is 1. The van der Waals surface area contributed by atoms with Gasteiger partial charge in [0.25, 0.3) is 17.7 Å². The molecule has 1 N–H and O–H groups in total. The molecule has 3 amide bonds. The van der Waals surface area contributed by atoms with Crippen LogP contribution in [0.4, 0.5) is 11.4 Å². The van der Waals surface area contributed by atoms with Gasteiger partial charge in [0, 0.05) is 23.1 Å². The van der Waals surface area contributed by atoms with Crippen LogP contribution in [0.2, 0.25) is 0 Å². The molecule has 5 rings (SSSR count). The van der Waals surface area contributed by atoms with Gasteiger partial charge in [0.1, 0.15) is 0 Å². The SMILES string of the molecule is Cc1ccnn1-c1ccc(C(=O)Nc2cccc(N3C(=O)c4ccccc4C3=O)c2)cc1. The topological polar surface area (TPSA) is 84.3 Å². The zero-order chi connectivity index (χ0) is 22.2. The van der Waals surface area contributed by atoms with Crippen LogP contribution in [0.15, 0.2) is 85.1 Å². The first kappa shape index (κ1) is 19.4. The number of benzene rings is 3. The molecule has 3 aromatic carbocycles. The lowest BCUT2D eigenvalue weighted by molar-refractivity contribution is 0.0925. The van der Waals surface area contributed by atoms with E-state index in [4.69, 9.17) is 0 Å². The summed E-state index contributed by atoms with van der Waals surface area (Å²) in [5, 5.41) is 7.09. The van der Waals surface area contributed by atoms with Gasteiger partial charge in [-0.05, 0) is 67.6 Å². The van der Waals surface area contributed by atoms with Gasteiger partial charge in [-0.15, -0.1) is 0 Å². The summed E-state index contributed by atoms with van der Waals surface area (Å²) in [5.74, 6) is -1.05. The molecule has 156 valence electrons. The van der Waals surface area contributed by atoms with E-state index in [1.165, 1.54) is 0 Å². The Hall–Kier alpha value is -4.52. The summed E-state index contributed by atoms with van der Waals surface area (Å²) < 4.78 is 1.78. The molecule has 7 nitrogen and oxygen atoms in total. The second kappa shape index (κ2) is 7.63. The van der Waals surface area contributed by atoms with Crippen LogP contribution in [-0.2, 0) is 0 Å². The van der Waals surface area contributed by atoms with Crippen molar-refractivity contribution < 1.29 is 14.4 Å². The monoisotopic (exact) mass is 422 g/mol. The molecule has 4 aromatic rings. The van der Waals surface area contributed by atoms with Gasteiger partial charge in [0.05, 0.1) is 22.5 Å². The van der Waals surface area contributed by atoms with Crippen LogP contribution in [-0.4, -0.2) is 27.5 Å². The fraction of sp³-hybridized carbons (Fsp3) is 0.0400. The Morgan fingerprint density at radius 3 is 2.12 bits per heavy atom. The zero-order valence-electron chi connectivity index (χ0n) is 17.1. The molecule has 0 bridgehead atoms. The average Bonchev–Trinajstić information content (AvgIpc) is 3.35. The summed E-state index contributed by atoms with van der Waals surface area (Å²) in [6.45, 7) is 1.95. The Morgan fingerprint density at radius 2 is 1.50 bits per heavy atom. The summed E-state index contributed by atoms with van der Waals surface area (Å²) in [7, 11) is 0. The number of aromatic nitrogens is 2. The van der Waals surface area contributed by atoms with Gasteiger partial charge in [-0.1, -0.05) is 18.2 Å². The van der Waals surface area contributed by atoms with Gasteiger partial charge < -0.3 is 5.32 Å². The van der Waals surface area contributed by atoms with E-state index >= 15 is 0 Å². The molecule has 32 heavy (non-hydrogen) atoms. The van der Waals surface area contributed by atoms with Gasteiger partial charge in [0.15, 0.2) is 0 Å². The minimum atomic E-state index is -0.376. The first-order chi connectivity index (χ1) is 15.5. The quantitative estimate of drug-likeness (QED) is 0.499. The molecule has 0 fully saturated rings. The number of nitrogens with zero attached hydrogens (tertiary/aromatic N) is 3. The van der Waals surface area contributed by atoms with Gasteiger partial charge in [-0.3, -0.25) is 14.4 Å². The zero-order valence-corrected chi connectivity index (χ0v) is 17.1. The second-order valence-corrected chi connectivity index (χ2v) is 7.43. The number of hydrogen-bond donors (Lipinski definition) is 1. The van der Waals surface area contributed by atoms with Crippen molar-refractivity contribution in [3.8, 4) is 5.69 Å². The Balaban J connectivity index is 1.36. The summed E-state index contributed by atoms with van der Waals surface area (Å²) in [6, 6.07) is 22.4. The summed E-state index contributed by atoms with van der Waals surface area (Å²) in [5.41, 5.74) is 3.96. The number of carbonyl (C=O) groups excluding carboxylic acids is 3. The van der Waals surface area contributed by atoms with Crippen molar-refractivity contribution in [1.29, 1.82) is 0 Å². The van der Waals surface area contributed by atoms with Crippen LogP contribution >= 0.6 is 0 Å². The molecule has 0 aliphatic carbocycles. The smallest absolute Gasteiger partial charge is 0.266 e. The Kier molecular flexibility index (Phi) is 4.63. The number of hydrogen-bond acceptors (Lipinski definition) is 4. The minimum absolute atomic E-state index is 0.298. The average molecular weight is 422 g/mol. The molecule has 2 heterocycles. The molecule has 1 aliphatic heterocycles. The lowest BCUT2D eigenvalue weighted by Crippen LogP contribution is -2.29. The highest BCUT2D eigenvalue weighted by Crippen LogP contribution is 2.29. The molecule has 0 atom stereocenters. The highest BCUT2D eigenvalue weighted by molar-refractivity contribution is 6.34. The fourth-order valence-electron chi connectivity index (χ4n) is 3.74. The third-order valence-corrected chi connectivity index (χ3v) is 5.36. The highest BCUT2D eigenvalue weighted by Gasteiger charge is 2.36. The van der Waals surface area contributed by atoms with Crippen LogP contribution in [0, 0.1) is 6.92 Å². The van der Waals surface area contributed by atoms with E-state index in [1.54, 1.807) is 71.5 Å². The van der Waals surface area contributed by atoms with E-state index in [1.807, 2.05) is 25.1 Å². The highest BCUT2D eigenvalue weighted by atomic mass is 16.2. The Morgan fingerprint density at radius 1 is 0.812 bits per heavy atom. The van der Waals surface area contributed by atoms with Crippen LogP contribution in [0.1, 0.15) is 36.8 Å². The van der Waals surface area contributed by atoms with Crippen molar-refractivity contribution in [2.75, 3.05) is 10.2 Å². The molecule has 1 aliphatic rings. The van der Waals surface area contributed by atoms with Crippen LogP contribution in [0.5, 0.6) is 0 Å².